The van der Waals surface area contributed by atoms with Gasteiger partial charge in [0.2, 0.25) is 0 Å². The van der Waals surface area contributed by atoms with Gasteiger partial charge in [-0.25, -0.2) is 9.18 Å². The van der Waals surface area contributed by atoms with Crippen molar-refractivity contribution in [2.75, 3.05) is 11.9 Å². The number of esters is 1. The third-order valence-electron chi connectivity index (χ3n) is 3.35. The lowest BCUT2D eigenvalue weighted by atomic mass is 10.1. The summed E-state index contributed by atoms with van der Waals surface area (Å²) in [5, 5.41) is 3.91. The number of nitrogens with zero attached hydrogens (tertiary/aromatic N) is 1. The largest absolute Gasteiger partial charge is 0.462 e. The zero-order valence-electron chi connectivity index (χ0n) is 12.3. The number of rotatable bonds is 4. The minimum absolute atomic E-state index is 0.145. The smallest absolute Gasteiger partial charge is 0.350 e. The van der Waals surface area contributed by atoms with Crippen molar-refractivity contribution in [3.05, 3.63) is 47.0 Å². The molecule has 0 amide bonds. The molecule has 3 rings (SSSR count). The maximum absolute atomic E-state index is 14.2. The van der Waals surface area contributed by atoms with Gasteiger partial charge in [0, 0.05) is 21.7 Å². The van der Waals surface area contributed by atoms with Gasteiger partial charge in [0.05, 0.1) is 22.7 Å². The van der Waals surface area contributed by atoms with Gasteiger partial charge in [0.15, 0.2) is 0 Å². The Hall–Kier alpha value is -1.48. The lowest BCUT2D eigenvalue weighted by Crippen LogP contribution is -2.10. The van der Waals surface area contributed by atoms with Crippen molar-refractivity contribution in [2.24, 2.45) is 0 Å². The Morgan fingerprint density at radius 3 is 3.17 bits per heavy atom. The van der Waals surface area contributed by atoms with E-state index in [1.807, 2.05) is 12.1 Å². The molecule has 1 atom stereocenters. The number of halogens is 2. The van der Waals surface area contributed by atoms with Crippen LogP contribution in [0.2, 0.25) is 0 Å². The third-order valence-corrected chi connectivity index (χ3v) is 5.33. The zero-order chi connectivity index (χ0) is 16.4. The molecule has 0 radical (unpaired) electrons. The topological polar surface area (TPSA) is 51.2 Å². The summed E-state index contributed by atoms with van der Waals surface area (Å²) in [6.07, 6.45) is 7.47. The minimum atomic E-state index is -0.413. The summed E-state index contributed by atoms with van der Waals surface area (Å²) in [6, 6.07) is 1.81. The molecule has 0 saturated carbocycles. The van der Waals surface area contributed by atoms with Crippen LogP contribution in [0.15, 0.2) is 42.1 Å². The van der Waals surface area contributed by atoms with Crippen molar-refractivity contribution >= 4 is 55.7 Å². The molecule has 0 fully saturated rings. The molecular formula is C16H14FIN2O2S. The van der Waals surface area contributed by atoms with E-state index in [0.29, 0.717) is 16.3 Å². The summed E-state index contributed by atoms with van der Waals surface area (Å²) in [5.41, 5.74) is 0.965. The fourth-order valence-electron chi connectivity index (χ4n) is 2.31. The van der Waals surface area contributed by atoms with Gasteiger partial charge in [-0.1, -0.05) is 28.7 Å². The van der Waals surface area contributed by atoms with Gasteiger partial charge in [-0.15, -0.1) is 11.3 Å². The predicted molar refractivity (Wildman–Crippen MR) is 98.9 cm³/mol. The average molecular weight is 444 g/mol. The van der Waals surface area contributed by atoms with Crippen molar-refractivity contribution < 1.29 is 13.9 Å². The highest BCUT2D eigenvalue weighted by atomic mass is 127. The zero-order valence-corrected chi connectivity index (χ0v) is 15.3. The summed E-state index contributed by atoms with van der Waals surface area (Å²) in [4.78, 5) is 16.7. The Balaban J connectivity index is 2.03. The predicted octanol–water partition coefficient (Wildman–Crippen LogP) is 4.83. The molecule has 120 valence electrons. The van der Waals surface area contributed by atoms with E-state index < -0.39 is 5.97 Å². The molecule has 1 unspecified atom stereocenters. The molecule has 2 heterocycles. The molecule has 0 bridgehead atoms. The molecule has 7 heteroatoms. The van der Waals surface area contributed by atoms with Crippen LogP contribution in [0.5, 0.6) is 0 Å². The molecule has 4 nitrogen and oxygen atoms in total. The fourth-order valence-corrected chi connectivity index (χ4v) is 3.89. The van der Waals surface area contributed by atoms with Crippen molar-refractivity contribution in [1.82, 2.24) is 4.98 Å². The number of anilines is 1. The first-order chi connectivity index (χ1) is 11.1. The third kappa shape index (κ3) is 3.40. The number of carbonyl (C=O) groups is 1. The molecule has 0 aromatic carbocycles. The van der Waals surface area contributed by atoms with E-state index in [4.69, 9.17) is 4.74 Å². The van der Waals surface area contributed by atoms with Crippen molar-refractivity contribution in [3.8, 4) is 0 Å². The van der Waals surface area contributed by atoms with Gasteiger partial charge >= 0.3 is 5.97 Å². The van der Waals surface area contributed by atoms with E-state index in [9.17, 15) is 9.18 Å². The number of pyridine rings is 1. The second-order valence-electron chi connectivity index (χ2n) is 4.91. The average Bonchev–Trinajstić information content (AvgIpc) is 2.89. The highest BCUT2D eigenvalue weighted by Crippen LogP contribution is 2.38. The molecule has 0 spiro atoms. The van der Waals surface area contributed by atoms with Crippen LogP contribution in [-0.2, 0) is 4.74 Å². The maximum atomic E-state index is 14.2. The SMILES string of the molecule is CCOC(=O)c1sc2cnccc2c1NC1=CCC(I)C=C1F. The summed E-state index contributed by atoms with van der Waals surface area (Å²) < 4.78 is 20.3. The first-order valence-electron chi connectivity index (χ1n) is 7.12. The first kappa shape index (κ1) is 16.4. The van der Waals surface area contributed by atoms with Crippen LogP contribution in [-0.4, -0.2) is 21.5 Å². The Kier molecular flexibility index (Phi) is 4.96. The van der Waals surface area contributed by atoms with Crippen LogP contribution in [0.1, 0.15) is 23.0 Å². The molecular weight excluding hydrogens is 430 g/mol. The van der Waals surface area contributed by atoms with Gasteiger partial charge in [0.25, 0.3) is 0 Å². The number of carbonyl (C=O) groups excluding carboxylic acids is 1. The normalized spacial score (nSPS) is 17.6. The Labute approximate surface area is 150 Å². The Morgan fingerprint density at radius 1 is 1.61 bits per heavy atom. The fraction of sp³-hybridized carbons (Fsp3) is 0.250. The molecule has 2 aromatic rings. The van der Waals surface area contributed by atoms with Gasteiger partial charge in [-0.3, -0.25) is 4.98 Å². The second-order valence-corrected chi connectivity index (χ2v) is 7.56. The number of thiophene rings is 1. The van der Waals surface area contributed by atoms with Crippen LogP contribution in [0.4, 0.5) is 10.1 Å². The van der Waals surface area contributed by atoms with E-state index in [-0.39, 0.29) is 16.4 Å². The Morgan fingerprint density at radius 2 is 2.43 bits per heavy atom. The van der Waals surface area contributed by atoms with Crippen LogP contribution < -0.4 is 5.32 Å². The second kappa shape index (κ2) is 6.96. The first-order valence-corrected chi connectivity index (χ1v) is 9.19. The molecule has 1 aliphatic rings. The van der Waals surface area contributed by atoms with Gasteiger partial charge in [-0.2, -0.15) is 0 Å². The number of ether oxygens (including phenoxy) is 1. The molecule has 0 saturated heterocycles. The van der Waals surface area contributed by atoms with Crippen molar-refractivity contribution in [1.29, 1.82) is 0 Å². The van der Waals surface area contributed by atoms with E-state index in [1.54, 1.807) is 25.4 Å². The van der Waals surface area contributed by atoms with E-state index in [0.717, 1.165) is 16.5 Å². The van der Waals surface area contributed by atoms with Crippen LogP contribution in [0.3, 0.4) is 0 Å². The van der Waals surface area contributed by atoms with Crippen molar-refractivity contribution in [2.45, 2.75) is 17.3 Å². The van der Waals surface area contributed by atoms with Crippen LogP contribution in [0.25, 0.3) is 10.1 Å². The summed E-state index contributed by atoms with van der Waals surface area (Å²) >= 11 is 3.48. The molecule has 23 heavy (non-hydrogen) atoms. The molecule has 0 aliphatic heterocycles. The minimum Gasteiger partial charge on any atom is -0.462 e. The lowest BCUT2D eigenvalue weighted by Gasteiger charge is -2.16. The number of aromatic nitrogens is 1. The standard InChI is InChI=1S/C16H14FIN2O2S/c1-2-22-16(21)15-14(10-5-6-19-8-13(10)23-15)20-12-4-3-9(18)7-11(12)17/h4-9,20H,2-3H2,1H3. The number of hydrogen-bond acceptors (Lipinski definition) is 5. The quantitative estimate of drug-likeness (QED) is 0.417. The highest BCUT2D eigenvalue weighted by molar-refractivity contribution is 14.1. The number of alkyl halides is 1. The van der Waals surface area contributed by atoms with E-state index >= 15 is 0 Å². The summed E-state index contributed by atoms with van der Waals surface area (Å²) in [5.74, 6) is -0.720. The molecule has 1 N–H and O–H groups in total. The highest BCUT2D eigenvalue weighted by Gasteiger charge is 2.22. The lowest BCUT2D eigenvalue weighted by molar-refractivity contribution is 0.0533. The van der Waals surface area contributed by atoms with Gasteiger partial charge in [-0.05, 0) is 25.5 Å². The maximum Gasteiger partial charge on any atom is 0.350 e. The number of fused-ring (bicyclic) bond motifs is 1. The van der Waals surface area contributed by atoms with E-state index in [2.05, 4.69) is 32.9 Å². The monoisotopic (exact) mass is 444 g/mol. The Bertz CT molecular complexity index is 816. The summed E-state index contributed by atoms with van der Waals surface area (Å²) in [6.45, 7) is 2.05. The number of hydrogen-bond donors (Lipinski definition) is 1. The number of nitrogens with one attached hydrogen (secondary N) is 1. The van der Waals surface area contributed by atoms with Crippen LogP contribution in [0, 0.1) is 0 Å². The summed E-state index contributed by atoms with van der Waals surface area (Å²) in [7, 11) is 0. The van der Waals surface area contributed by atoms with E-state index in [1.165, 1.54) is 11.3 Å². The van der Waals surface area contributed by atoms with Crippen molar-refractivity contribution in [3.63, 3.8) is 0 Å². The van der Waals surface area contributed by atoms with Gasteiger partial charge < -0.3 is 10.1 Å². The number of allylic oxidation sites excluding steroid dienone is 3. The molecule has 1 aliphatic carbocycles. The van der Waals surface area contributed by atoms with Crippen LogP contribution >= 0.6 is 33.9 Å². The molecule has 2 aromatic heterocycles. The van der Waals surface area contributed by atoms with Gasteiger partial charge in [0.1, 0.15) is 10.7 Å².